The highest BCUT2D eigenvalue weighted by Crippen LogP contribution is 2.20. The Labute approximate surface area is 431 Å². The maximum absolute atomic E-state index is 5.76. The van der Waals surface area contributed by atoms with Crippen molar-refractivity contribution in [3.05, 3.63) is 0 Å². The molecule has 0 aliphatic carbocycles. The van der Waals surface area contributed by atoms with E-state index in [9.17, 15) is 0 Å². The predicted molar refractivity (Wildman–Crippen MR) is 310 cm³/mol. The van der Waals surface area contributed by atoms with Gasteiger partial charge in [-0.3, -0.25) is 0 Å². The lowest BCUT2D eigenvalue weighted by molar-refractivity contribution is 0.0697. The Morgan fingerprint density at radius 1 is 0.333 bits per heavy atom. The maximum Gasteiger partial charge on any atom is 0.500 e. The highest BCUT2D eigenvalue weighted by molar-refractivity contribution is 6.60. The molecule has 0 atom stereocenters. The molecule has 20 heteroatoms. The quantitative estimate of drug-likeness (QED) is 0.0239. The first-order valence-electron chi connectivity index (χ1n) is 27.6. The van der Waals surface area contributed by atoms with Gasteiger partial charge in [0.05, 0.1) is 12.3 Å². The molecule has 430 valence electrons. The van der Waals surface area contributed by atoms with E-state index in [1.165, 1.54) is 64.2 Å². The third-order valence-corrected chi connectivity index (χ3v) is 12.4. The average Bonchev–Trinajstić information content (AvgIpc) is 3.33. The smallest absolute Gasteiger partial charge is 0.374 e. The minimum Gasteiger partial charge on any atom is -0.374 e. The van der Waals surface area contributed by atoms with E-state index in [1.807, 2.05) is 20.8 Å². The van der Waals surface area contributed by atoms with E-state index in [0.29, 0.717) is 44.7 Å². The summed E-state index contributed by atoms with van der Waals surface area (Å²) in [5.74, 6) is 0.878. The van der Waals surface area contributed by atoms with Crippen molar-refractivity contribution in [3.63, 3.8) is 0 Å². The van der Waals surface area contributed by atoms with E-state index in [0.717, 1.165) is 130 Å². The van der Waals surface area contributed by atoms with Crippen molar-refractivity contribution in [2.24, 2.45) is 80.6 Å². The van der Waals surface area contributed by atoms with Crippen molar-refractivity contribution in [1.82, 2.24) is 21.3 Å². The van der Waals surface area contributed by atoms with Crippen molar-refractivity contribution in [1.29, 1.82) is 0 Å². The first kappa shape index (κ1) is 85.2. The molecule has 0 spiro atoms. The van der Waals surface area contributed by atoms with Crippen LogP contribution in [0.5, 0.6) is 0 Å². The fraction of sp³-hybridized carbons (Fsp3) is 1.00. The number of unbranched alkanes of at least 4 members (excludes halogenated alkanes) is 4. The van der Waals surface area contributed by atoms with Crippen molar-refractivity contribution in [2.45, 2.75) is 184 Å². The highest BCUT2D eigenvalue weighted by atomic mass is 28.4. The second-order valence-corrected chi connectivity index (χ2v) is 19.2. The molecule has 0 aliphatic heterocycles. The predicted octanol–water partition coefficient (Wildman–Crippen LogP) is 2.68. The van der Waals surface area contributed by atoms with Crippen LogP contribution in [-0.2, 0) is 13.3 Å². The Morgan fingerprint density at radius 2 is 0.580 bits per heavy atom. The van der Waals surface area contributed by atoms with Gasteiger partial charge in [0.25, 0.3) is 0 Å². The number of nitrogens with one attached hydrogen (secondary N) is 4. The summed E-state index contributed by atoms with van der Waals surface area (Å²) in [6, 6.07) is 0.793. The molecule has 0 saturated heterocycles. The Kier molecular flexibility index (Phi) is 104. The molecule has 0 heterocycles. The van der Waals surface area contributed by atoms with Gasteiger partial charge in [-0.2, -0.15) is 0 Å². The fourth-order valence-corrected chi connectivity index (χ4v) is 8.00. The third kappa shape index (κ3) is 97.5. The third-order valence-electron chi connectivity index (χ3n) is 9.34. The first-order valence-corrected chi connectivity index (χ1v) is 29.5. The largest absolute Gasteiger partial charge is 0.500 e. The van der Waals surface area contributed by atoms with Gasteiger partial charge in [-0.25, -0.2) is 0 Å². The molecule has 0 aromatic rings. The summed E-state index contributed by atoms with van der Waals surface area (Å²) in [6.45, 7) is 36.7. The second kappa shape index (κ2) is 84.3. The summed E-state index contributed by atoms with van der Waals surface area (Å²) in [5, 5.41) is 12.8. The minimum atomic E-state index is -2.50. The number of rotatable bonds is 39. The van der Waals surface area contributed by atoms with E-state index in [-0.39, 0.29) is 12.3 Å². The average molecular weight is 1020 g/mol. The van der Waals surface area contributed by atoms with Crippen LogP contribution < -0.4 is 90.1 Å². The van der Waals surface area contributed by atoms with Gasteiger partial charge in [0.1, 0.15) is 0 Å². The topological polar surface area (TPSA) is 388 Å². The summed E-state index contributed by atoms with van der Waals surface area (Å²) >= 11 is 0. The van der Waals surface area contributed by atoms with Crippen molar-refractivity contribution in [2.75, 3.05) is 125 Å². The molecular weight excluding hydrogens is 889 g/mol. The molecule has 0 rings (SSSR count). The molecule has 0 bridgehead atoms. The van der Waals surface area contributed by atoms with Gasteiger partial charge in [-0.15, -0.1) is 0 Å². The molecule has 0 unspecified atom stereocenters. The van der Waals surface area contributed by atoms with Gasteiger partial charge in [0.15, 0.2) is 0 Å². The molecule has 0 aromatic carbocycles. The number of hydrogen-bond donors (Lipinski definition) is 16. The minimum absolute atomic E-state index is 0.102. The van der Waals surface area contributed by atoms with Crippen molar-refractivity contribution in [3.8, 4) is 0 Å². The van der Waals surface area contributed by atoms with Crippen LogP contribution >= 0.6 is 0 Å². The molecule has 0 aliphatic rings. The van der Waals surface area contributed by atoms with Gasteiger partial charge < -0.3 is 103 Å². The van der Waals surface area contributed by atoms with E-state index < -0.39 is 8.80 Å². The maximum atomic E-state index is 5.76. The van der Waals surface area contributed by atoms with E-state index >= 15 is 0 Å². The number of nitrogens with two attached hydrogens (primary N) is 12. The van der Waals surface area contributed by atoms with Crippen LogP contribution in [-0.4, -0.2) is 146 Å². The lowest BCUT2D eigenvalue weighted by atomic mass is 10.1. The normalized spacial score (nSPS) is 10.5. The van der Waals surface area contributed by atoms with Crippen LogP contribution in [0.3, 0.4) is 0 Å². The van der Waals surface area contributed by atoms with Crippen LogP contribution in [0.2, 0.25) is 6.04 Å². The molecule has 28 N–H and O–H groups in total. The lowest BCUT2D eigenvalue weighted by Gasteiger charge is -2.29. The lowest BCUT2D eigenvalue weighted by Crippen LogP contribution is -2.46. The standard InChI is InChI=1S/C11H28N2O3Si.5C6H16N2.2C4H12N2/c1-4-14-17(15-5-2,16-6-3)8-7-11(9-12)10-13;1-2-3-6(4-7)5-8;4*1-2-3-5-8-6-4-7;2*1-2-3-4(5)6/h11H,4-10,12-13H2,1-3H3;6H,2-5,7-8H2,1H3;4*8H,2-7H2,1H3;2*4H,2-3,5-6H2,1H3. The summed E-state index contributed by atoms with van der Waals surface area (Å²) in [7, 11) is -2.50. The van der Waals surface area contributed by atoms with Crippen LogP contribution in [0.4, 0.5) is 0 Å². The van der Waals surface area contributed by atoms with Crippen LogP contribution in [0.25, 0.3) is 0 Å². The Hall–Kier alpha value is -0.543. The molecule has 0 fully saturated rings. The van der Waals surface area contributed by atoms with Crippen LogP contribution in [0.15, 0.2) is 0 Å². The van der Waals surface area contributed by atoms with Gasteiger partial charge in [0, 0.05) is 78.2 Å². The summed E-state index contributed by atoms with van der Waals surface area (Å²) in [4.78, 5) is 0. The molecule has 0 saturated carbocycles. The molecule has 69 heavy (non-hydrogen) atoms. The zero-order valence-corrected chi connectivity index (χ0v) is 48.7. The summed E-state index contributed by atoms with van der Waals surface area (Å²) in [6.07, 6.45) is 17.2. The summed E-state index contributed by atoms with van der Waals surface area (Å²) in [5.41, 5.74) is 63.8. The van der Waals surface area contributed by atoms with Gasteiger partial charge in [-0.05, 0) is 136 Å². The molecule has 19 nitrogen and oxygen atoms in total. The number of hydrogen-bond acceptors (Lipinski definition) is 19. The fourth-order valence-electron chi connectivity index (χ4n) is 5.24. The molecule has 0 radical (unpaired) electrons. The van der Waals surface area contributed by atoms with Gasteiger partial charge in [0.2, 0.25) is 0 Å². The first-order chi connectivity index (χ1) is 33.2. The Morgan fingerprint density at radius 3 is 0.725 bits per heavy atom. The van der Waals surface area contributed by atoms with Crippen molar-refractivity contribution >= 4 is 8.80 Å². The Balaban J connectivity index is -0.000000106. The zero-order chi connectivity index (χ0) is 54.5. The monoisotopic (exact) mass is 1020 g/mol. The molecule has 0 amide bonds. The highest BCUT2D eigenvalue weighted by Gasteiger charge is 2.40. The van der Waals surface area contributed by atoms with E-state index in [4.69, 9.17) is 82.1 Å². The van der Waals surface area contributed by atoms with Crippen LogP contribution in [0.1, 0.15) is 166 Å². The molecular formula is C49H132N16O3Si. The van der Waals surface area contributed by atoms with E-state index in [1.54, 1.807) is 0 Å². The van der Waals surface area contributed by atoms with E-state index in [2.05, 4.69) is 69.7 Å². The SMILES string of the molecule is CCCC(CN)CN.CCCC(N)N.CCCC(N)N.CCCCNCCN.CCCCNCCN.CCCCNCCN.CCCCNCCN.CCO[Si](CCC(CN)CN)(OCC)OCC. The second-order valence-electron chi connectivity index (χ2n) is 16.5. The van der Waals surface area contributed by atoms with Gasteiger partial charge >= 0.3 is 8.80 Å². The summed E-state index contributed by atoms with van der Waals surface area (Å²) < 4.78 is 17.3. The van der Waals surface area contributed by atoms with Crippen LogP contribution in [0, 0.1) is 11.8 Å². The van der Waals surface area contributed by atoms with Crippen molar-refractivity contribution < 1.29 is 13.3 Å². The molecule has 0 aromatic heterocycles. The Bertz CT molecular complexity index is 673. The van der Waals surface area contributed by atoms with Gasteiger partial charge in [-0.1, -0.05) is 93.4 Å². The zero-order valence-electron chi connectivity index (χ0n) is 47.7.